The van der Waals surface area contributed by atoms with E-state index in [0.29, 0.717) is 6.04 Å². The maximum absolute atomic E-state index is 5.62. The predicted molar refractivity (Wildman–Crippen MR) is 106 cm³/mol. The summed E-state index contributed by atoms with van der Waals surface area (Å²) in [5, 5.41) is 7.03. The summed E-state index contributed by atoms with van der Waals surface area (Å²) < 4.78 is 5.62. The number of nitrogens with zero attached hydrogens (tertiary/aromatic N) is 1. The van der Waals surface area contributed by atoms with E-state index in [1.54, 1.807) is 0 Å². The van der Waals surface area contributed by atoms with Gasteiger partial charge in [-0.25, -0.2) is 0 Å². The Kier molecular flexibility index (Phi) is 6.71. The second-order valence-electron chi connectivity index (χ2n) is 6.55. The first-order chi connectivity index (χ1) is 10.7. The molecule has 2 fully saturated rings. The Bertz CT molecular complexity index is 537. The molecule has 0 unspecified atom stereocenters. The lowest BCUT2D eigenvalue weighted by atomic mass is 9.72. The second-order valence-corrected chi connectivity index (χ2v) is 6.55. The number of ether oxygens (including phenoxy) is 1. The van der Waals surface area contributed by atoms with Gasteiger partial charge in [0, 0.05) is 38.3 Å². The van der Waals surface area contributed by atoms with Crippen molar-refractivity contribution in [2.75, 3.05) is 26.8 Å². The van der Waals surface area contributed by atoms with Gasteiger partial charge >= 0.3 is 0 Å². The molecule has 0 atom stereocenters. The number of aryl methyl sites for hydroxylation is 1. The quantitative estimate of drug-likeness (QED) is 0.440. The maximum atomic E-state index is 5.62. The van der Waals surface area contributed by atoms with Crippen molar-refractivity contribution in [1.82, 2.24) is 10.6 Å². The summed E-state index contributed by atoms with van der Waals surface area (Å²) in [4.78, 5) is 4.36. The van der Waals surface area contributed by atoms with E-state index in [1.807, 2.05) is 7.05 Å². The number of halogens is 1. The van der Waals surface area contributed by atoms with Crippen LogP contribution in [-0.4, -0.2) is 38.8 Å². The van der Waals surface area contributed by atoms with Crippen molar-refractivity contribution in [3.63, 3.8) is 0 Å². The van der Waals surface area contributed by atoms with Gasteiger partial charge in [-0.3, -0.25) is 4.99 Å². The third kappa shape index (κ3) is 4.59. The Balaban J connectivity index is 0.00000192. The molecule has 3 rings (SSSR count). The predicted octanol–water partition coefficient (Wildman–Crippen LogP) is 2.99. The molecule has 1 saturated carbocycles. The van der Waals surface area contributed by atoms with E-state index in [9.17, 15) is 0 Å². The zero-order chi connectivity index (χ0) is 15.4. The highest BCUT2D eigenvalue weighted by Crippen LogP contribution is 2.36. The van der Waals surface area contributed by atoms with Gasteiger partial charge in [0.2, 0.25) is 0 Å². The van der Waals surface area contributed by atoms with Crippen LogP contribution in [0.15, 0.2) is 29.3 Å². The fraction of sp³-hybridized carbons (Fsp3) is 0.611. The monoisotopic (exact) mass is 429 g/mol. The third-order valence-electron chi connectivity index (χ3n) is 4.90. The second kappa shape index (κ2) is 8.33. The highest BCUT2D eigenvalue weighted by atomic mass is 127. The van der Waals surface area contributed by atoms with Gasteiger partial charge in [-0.1, -0.05) is 24.3 Å². The van der Waals surface area contributed by atoms with Crippen LogP contribution >= 0.6 is 24.0 Å². The number of hydrogen-bond donors (Lipinski definition) is 2. The van der Waals surface area contributed by atoms with Crippen LogP contribution in [0.4, 0.5) is 0 Å². The Hall–Kier alpha value is -0.820. The van der Waals surface area contributed by atoms with Gasteiger partial charge < -0.3 is 15.4 Å². The minimum Gasteiger partial charge on any atom is -0.381 e. The lowest BCUT2D eigenvalue weighted by molar-refractivity contribution is 0.0512. The van der Waals surface area contributed by atoms with Gasteiger partial charge in [0.05, 0.1) is 0 Å². The summed E-state index contributed by atoms with van der Waals surface area (Å²) >= 11 is 0. The van der Waals surface area contributed by atoms with E-state index in [1.165, 1.54) is 24.0 Å². The summed E-state index contributed by atoms with van der Waals surface area (Å²) in [7, 11) is 1.85. The zero-order valence-corrected chi connectivity index (χ0v) is 16.4. The molecule has 0 spiro atoms. The molecule has 0 bridgehead atoms. The van der Waals surface area contributed by atoms with Gasteiger partial charge in [0.1, 0.15) is 0 Å². The van der Waals surface area contributed by atoms with Gasteiger partial charge in [-0.05, 0) is 43.7 Å². The van der Waals surface area contributed by atoms with E-state index >= 15 is 0 Å². The number of benzene rings is 1. The molecule has 0 amide bonds. The first-order valence-electron chi connectivity index (χ1n) is 8.34. The van der Waals surface area contributed by atoms with Crippen LogP contribution in [-0.2, 0) is 10.2 Å². The maximum Gasteiger partial charge on any atom is 0.191 e. The molecule has 5 heteroatoms. The lowest BCUT2D eigenvalue weighted by Gasteiger charge is -2.39. The standard InChI is InChI=1S/C18H27N3O.HI/c1-14-5-3-4-6-16(14)18(9-11-22-12-10-18)13-20-17(19-2)21-15-7-8-15;/h3-6,15H,7-13H2,1-2H3,(H2,19,20,21);1H. The molecule has 1 saturated heterocycles. The number of nitrogens with one attached hydrogen (secondary N) is 2. The highest BCUT2D eigenvalue weighted by Gasteiger charge is 2.36. The molecular formula is C18H28IN3O. The first-order valence-corrected chi connectivity index (χ1v) is 8.34. The normalized spacial score (nSPS) is 20.5. The zero-order valence-electron chi connectivity index (χ0n) is 14.1. The van der Waals surface area contributed by atoms with Crippen LogP contribution in [0.5, 0.6) is 0 Å². The van der Waals surface area contributed by atoms with Crippen molar-refractivity contribution >= 4 is 29.9 Å². The van der Waals surface area contributed by atoms with E-state index in [2.05, 4.69) is 46.8 Å². The largest absolute Gasteiger partial charge is 0.381 e. The highest BCUT2D eigenvalue weighted by molar-refractivity contribution is 14.0. The van der Waals surface area contributed by atoms with Crippen LogP contribution in [0.2, 0.25) is 0 Å². The minimum atomic E-state index is 0. The van der Waals surface area contributed by atoms with E-state index in [0.717, 1.165) is 38.6 Å². The van der Waals surface area contributed by atoms with Gasteiger partial charge in [0.15, 0.2) is 5.96 Å². The van der Waals surface area contributed by atoms with Crippen LogP contribution in [0.3, 0.4) is 0 Å². The molecule has 1 aromatic carbocycles. The van der Waals surface area contributed by atoms with Crippen LogP contribution in [0.25, 0.3) is 0 Å². The SMILES string of the molecule is CN=C(NCC1(c2ccccc2C)CCOCC1)NC1CC1.I. The summed E-state index contributed by atoms with van der Waals surface area (Å²) in [6.07, 6.45) is 4.64. The molecular weight excluding hydrogens is 401 g/mol. The fourth-order valence-electron chi connectivity index (χ4n) is 3.34. The molecule has 1 aliphatic heterocycles. The first kappa shape index (κ1) is 18.5. The van der Waals surface area contributed by atoms with Crippen LogP contribution < -0.4 is 10.6 Å². The fourth-order valence-corrected chi connectivity index (χ4v) is 3.34. The summed E-state index contributed by atoms with van der Waals surface area (Å²) in [6, 6.07) is 9.38. The molecule has 23 heavy (non-hydrogen) atoms. The summed E-state index contributed by atoms with van der Waals surface area (Å²) in [6.45, 7) is 4.80. The van der Waals surface area contributed by atoms with Crippen molar-refractivity contribution in [2.24, 2.45) is 4.99 Å². The molecule has 2 aliphatic rings. The third-order valence-corrected chi connectivity index (χ3v) is 4.90. The van der Waals surface area contributed by atoms with Gasteiger partial charge in [-0.2, -0.15) is 0 Å². The average molecular weight is 429 g/mol. The molecule has 1 aliphatic carbocycles. The number of rotatable bonds is 4. The molecule has 4 nitrogen and oxygen atoms in total. The molecule has 0 radical (unpaired) electrons. The number of hydrogen-bond acceptors (Lipinski definition) is 2. The van der Waals surface area contributed by atoms with Crippen molar-refractivity contribution in [2.45, 2.75) is 44.1 Å². The smallest absolute Gasteiger partial charge is 0.191 e. The minimum absolute atomic E-state index is 0. The number of guanidine groups is 1. The lowest BCUT2D eigenvalue weighted by Crippen LogP contribution is -2.48. The molecule has 0 aromatic heterocycles. The molecule has 1 aromatic rings. The Morgan fingerprint density at radius 1 is 1.26 bits per heavy atom. The summed E-state index contributed by atoms with van der Waals surface area (Å²) in [5.74, 6) is 0.932. The Labute approximate surface area is 156 Å². The van der Waals surface area contributed by atoms with Crippen molar-refractivity contribution in [3.05, 3.63) is 35.4 Å². The number of aliphatic imine (C=N–C) groups is 1. The van der Waals surface area contributed by atoms with Crippen molar-refractivity contribution < 1.29 is 4.74 Å². The van der Waals surface area contributed by atoms with Crippen LogP contribution in [0, 0.1) is 6.92 Å². The molecule has 128 valence electrons. The van der Waals surface area contributed by atoms with E-state index < -0.39 is 0 Å². The average Bonchev–Trinajstić information content (AvgIpc) is 3.37. The van der Waals surface area contributed by atoms with E-state index in [-0.39, 0.29) is 29.4 Å². The van der Waals surface area contributed by atoms with Gasteiger partial charge in [0.25, 0.3) is 0 Å². The van der Waals surface area contributed by atoms with Gasteiger partial charge in [-0.15, -0.1) is 24.0 Å². The van der Waals surface area contributed by atoms with E-state index in [4.69, 9.17) is 4.74 Å². The Morgan fingerprint density at radius 2 is 1.96 bits per heavy atom. The molecule has 1 heterocycles. The molecule has 2 N–H and O–H groups in total. The topological polar surface area (TPSA) is 45.7 Å². The summed E-state index contributed by atoms with van der Waals surface area (Å²) in [5.41, 5.74) is 2.97. The Morgan fingerprint density at radius 3 is 2.57 bits per heavy atom. The van der Waals surface area contributed by atoms with Crippen molar-refractivity contribution in [3.8, 4) is 0 Å². The van der Waals surface area contributed by atoms with Crippen molar-refractivity contribution in [1.29, 1.82) is 0 Å². The van der Waals surface area contributed by atoms with Crippen LogP contribution in [0.1, 0.15) is 36.8 Å².